The molecule has 2 aliphatic rings. The number of hydrogen-bond acceptors (Lipinski definition) is 6. The van der Waals surface area contributed by atoms with Gasteiger partial charge >= 0.3 is 0 Å². The number of aryl methyl sites for hydroxylation is 4. The Morgan fingerprint density at radius 2 is 0.733 bits per heavy atom. The van der Waals surface area contributed by atoms with Crippen LogP contribution in [0, 0.1) is 27.7 Å². The zero-order valence-corrected chi connectivity index (χ0v) is 25.3. The molecule has 0 unspecified atom stereocenters. The highest BCUT2D eigenvalue weighted by atomic mass is 16.5. The first-order chi connectivity index (χ1) is 21.6. The fourth-order valence-electron chi connectivity index (χ4n) is 5.76. The molecule has 45 heavy (non-hydrogen) atoms. The van der Waals surface area contributed by atoms with Crippen LogP contribution in [0.5, 0.6) is 23.0 Å². The second kappa shape index (κ2) is 11.7. The molecule has 0 saturated carbocycles. The van der Waals surface area contributed by atoms with E-state index >= 15 is 0 Å². The van der Waals surface area contributed by atoms with Gasteiger partial charge in [-0.2, -0.15) is 0 Å². The molecule has 4 amide bonds. The number of nitrogens with zero attached hydrogens (tertiary/aromatic N) is 2. The first-order valence-electron chi connectivity index (χ1n) is 14.5. The fraction of sp³-hybridized carbons (Fsp3) is 0.135. The van der Waals surface area contributed by atoms with Crippen LogP contribution in [-0.2, 0) is 25.6 Å². The van der Waals surface area contributed by atoms with Crippen LogP contribution in [0.4, 0.5) is 11.4 Å². The summed E-state index contributed by atoms with van der Waals surface area (Å²) in [4.78, 5) is 51.0. The van der Waals surface area contributed by atoms with E-state index in [1.54, 1.807) is 0 Å². The number of hydrogen-bond donors (Lipinski definition) is 0. The van der Waals surface area contributed by atoms with E-state index in [2.05, 4.69) is 0 Å². The number of rotatable bonds is 8. The van der Waals surface area contributed by atoms with Gasteiger partial charge in [-0.25, -0.2) is 9.80 Å². The summed E-state index contributed by atoms with van der Waals surface area (Å²) in [5.74, 6) is 1.22. The summed E-state index contributed by atoms with van der Waals surface area (Å²) in [6.07, 6.45) is 5.84. The second-order valence-electron chi connectivity index (χ2n) is 11.2. The first kappa shape index (κ1) is 29.3. The van der Waals surface area contributed by atoms with Crippen LogP contribution in [0.3, 0.4) is 0 Å². The van der Waals surface area contributed by atoms with Crippen LogP contribution in [0.15, 0.2) is 97.1 Å². The van der Waals surface area contributed by atoms with Gasteiger partial charge in [0.15, 0.2) is 0 Å². The molecule has 0 aliphatic carbocycles. The average Bonchev–Trinajstić information content (AvgIpc) is 3.50. The standard InChI is InChI=1S/C37H30N2O6/c1-22-17-30(18-23(2)36(22)38-32(40)13-14-33(38)41)44-28-9-5-26(6-10-28)21-27-7-11-29(12-8-27)45-31-19-24(3)37(25(4)20-31)39-34(42)15-16-35(39)43/h5-20H,21H2,1-4H3. The zero-order valence-electron chi connectivity index (χ0n) is 25.3. The van der Waals surface area contributed by atoms with Gasteiger partial charge in [0.1, 0.15) is 23.0 Å². The first-order valence-corrected chi connectivity index (χ1v) is 14.5. The summed E-state index contributed by atoms with van der Waals surface area (Å²) < 4.78 is 12.2. The highest BCUT2D eigenvalue weighted by molar-refractivity contribution is 6.29. The highest BCUT2D eigenvalue weighted by Gasteiger charge is 2.29. The van der Waals surface area contributed by atoms with Gasteiger partial charge in [-0.3, -0.25) is 19.2 Å². The summed E-state index contributed by atoms with van der Waals surface area (Å²) in [6.45, 7) is 7.41. The number of carbonyl (C=O) groups excluding carboxylic acids is 4. The number of anilines is 2. The van der Waals surface area contributed by atoms with Crippen molar-refractivity contribution >= 4 is 35.0 Å². The number of amides is 4. The highest BCUT2D eigenvalue weighted by Crippen LogP contribution is 2.35. The molecular weight excluding hydrogens is 568 g/mol. The molecular formula is C37H30N2O6. The maximum absolute atomic E-state index is 12.2. The minimum Gasteiger partial charge on any atom is -0.457 e. The van der Waals surface area contributed by atoms with E-state index in [4.69, 9.17) is 9.47 Å². The smallest absolute Gasteiger partial charge is 0.258 e. The molecule has 0 radical (unpaired) electrons. The Morgan fingerprint density at radius 3 is 1.02 bits per heavy atom. The molecule has 0 fully saturated rings. The number of ether oxygens (including phenoxy) is 2. The van der Waals surface area contributed by atoms with E-state index in [9.17, 15) is 19.2 Å². The molecule has 4 aromatic carbocycles. The lowest BCUT2D eigenvalue weighted by molar-refractivity contribution is -0.121. The molecule has 0 bridgehead atoms. The van der Waals surface area contributed by atoms with Crippen LogP contribution in [0.1, 0.15) is 33.4 Å². The zero-order chi connectivity index (χ0) is 31.8. The summed E-state index contributed by atoms with van der Waals surface area (Å²) in [5.41, 5.74) is 6.48. The van der Waals surface area contributed by atoms with Crippen molar-refractivity contribution in [3.05, 3.63) is 130 Å². The largest absolute Gasteiger partial charge is 0.457 e. The third-order valence-electron chi connectivity index (χ3n) is 7.72. The van der Waals surface area contributed by atoms with Crippen molar-refractivity contribution < 1.29 is 28.7 Å². The molecule has 0 aromatic heterocycles. The van der Waals surface area contributed by atoms with Crippen molar-refractivity contribution in [3.63, 3.8) is 0 Å². The monoisotopic (exact) mass is 598 g/mol. The van der Waals surface area contributed by atoms with Crippen molar-refractivity contribution in [2.75, 3.05) is 9.80 Å². The van der Waals surface area contributed by atoms with Gasteiger partial charge in [-0.15, -0.1) is 0 Å². The third-order valence-corrected chi connectivity index (χ3v) is 7.72. The fourth-order valence-corrected chi connectivity index (χ4v) is 5.76. The van der Waals surface area contributed by atoms with Gasteiger partial charge < -0.3 is 9.47 Å². The minimum atomic E-state index is -0.345. The minimum absolute atomic E-state index is 0.345. The summed E-state index contributed by atoms with van der Waals surface area (Å²) in [6, 6.07) is 23.0. The molecule has 0 saturated heterocycles. The predicted molar refractivity (Wildman–Crippen MR) is 171 cm³/mol. The van der Waals surface area contributed by atoms with Gasteiger partial charge in [0.25, 0.3) is 23.6 Å². The molecule has 4 aromatic rings. The molecule has 2 aliphatic heterocycles. The summed E-state index contributed by atoms with van der Waals surface area (Å²) >= 11 is 0. The van der Waals surface area contributed by atoms with Crippen molar-refractivity contribution in [2.24, 2.45) is 0 Å². The molecule has 224 valence electrons. The molecule has 6 rings (SSSR count). The third kappa shape index (κ3) is 5.90. The van der Waals surface area contributed by atoms with Crippen LogP contribution in [-0.4, -0.2) is 23.6 Å². The van der Waals surface area contributed by atoms with E-state index < -0.39 is 0 Å². The topological polar surface area (TPSA) is 93.2 Å². The van der Waals surface area contributed by atoms with Crippen LogP contribution < -0.4 is 19.3 Å². The quantitative estimate of drug-likeness (QED) is 0.204. The van der Waals surface area contributed by atoms with E-state index in [1.165, 1.54) is 34.1 Å². The Labute approximate surface area is 260 Å². The number of benzene rings is 4. The molecule has 2 heterocycles. The summed E-state index contributed by atoms with van der Waals surface area (Å²) in [7, 11) is 0. The molecule has 0 N–H and O–H groups in total. The van der Waals surface area contributed by atoms with Crippen LogP contribution in [0.25, 0.3) is 0 Å². The maximum atomic E-state index is 12.2. The SMILES string of the molecule is Cc1cc(Oc2ccc(Cc3ccc(Oc4cc(C)c(N5C(=O)C=CC5=O)c(C)c4)cc3)cc2)cc(C)c1N1C(=O)C=CC1=O. The van der Waals surface area contributed by atoms with E-state index in [0.29, 0.717) is 34.4 Å². The van der Waals surface area contributed by atoms with Gasteiger partial charge in [0, 0.05) is 24.3 Å². The van der Waals surface area contributed by atoms with Gasteiger partial charge in [-0.05, 0) is 116 Å². The van der Waals surface area contributed by atoms with E-state index in [-0.39, 0.29) is 23.6 Å². The number of carbonyl (C=O) groups is 4. The lowest BCUT2D eigenvalue weighted by atomic mass is 10.0. The van der Waals surface area contributed by atoms with Crippen molar-refractivity contribution in [1.82, 2.24) is 0 Å². The molecule has 0 atom stereocenters. The molecule has 8 nitrogen and oxygen atoms in total. The average molecular weight is 599 g/mol. The van der Waals surface area contributed by atoms with Crippen molar-refractivity contribution in [3.8, 4) is 23.0 Å². The normalized spacial score (nSPS) is 14.2. The Balaban J connectivity index is 1.08. The van der Waals surface area contributed by atoms with Gasteiger partial charge in [-0.1, -0.05) is 24.3 Å². The second-order valence-corrected chi connectivity index (χ2v) is 11.2. The Hall–Kier alpha value is -5.76. The lowest BCUT2D eigenvalue weighted by Crippen LogP contribution is -2.30. The van der Waals surface area contributed by atoms with Crippen LogP contribution in [0.2, 0.25) is 0 Å². The van der Waals surface area contributed by atoms with Gasteiger partial charge in [0.05, 0.1) is 11.4 Å². The van der Waals surface area contributed by atoms with Gasteiger partial charge in [0.2, 0.25) is 0 Å². The Morgan fingerprint density at radius 1 is 0.444 bits per heavy atom. The maximum Gasteiger partial charge on any atom is 0.258 e. The Kier molecular flexibility index (Phi) is 7.64. The van der Waals surface area contributed by atoms with Crippen LogP contribution >= 0.6 is 0 Å². The van der Waals surface area contributed by atoms with E-state index in [1.807, 2.05) is 100 Å². The summed E-state index contributed by atoms with van der Waals surface area (Å²) in [5, 5.41) is 0. The molecule has 0 spiro atoms. The van der Waals surface area contributed by atoms with Crippen molar-refractivity contribution in [1.29, 1.82) is 0 Å². The van der Waals surface area contributed by atoms with E-state index in [0.717, 1.165) is 39.8 Å². The Bertz CT molecular complexity index is 1710. The predicted octanol–water partition coefficient (Wildman–Crippen LogP) is 6.95. The number of imide groups is 2. The lowest BCUT2D eigenvalue weighted by Gasteiger charge is -2.20. The molecule has 8 heteroatoms. The van der Waals surface area contributed by atoms with Crippen molar-refractivity contribution in [2.45, 2.75) is 34.1 Å².